The molecule has 2 N–H and O–H groups in total. The van der Waals surface area contributed by atoms with Crippen LogP contribution in [0.25, 0.3) is 11.0 Å². The van der Waals surface area contributed by atoms with Crippen LogP contribution in [0.2, 0.25) is 0 Å². The second-order valence-corrected chi connectivity index (χ2v) is 5.44. The van der Waals surface area contributed by atoms with Crippen LogP contribution in [-0.2, 0) is 0 Å². The van der Waals surface area contributed by atoms with Crippen LogP contribution in [-0.4, -0.2) is 33.7 Å². The van der Waals surface area contributed by atoms with E-state index in [0.29, 0.717) is 17.6 Å². The fourth-order valence-corrected chi connectivity index (χ4v) is 2.57. The third-order valence-electron chi connectivity index (χ3n) is 3.58. The molecule has 1 aliphatic heterocycles. The molecule has 20 heavy (non-hydrogen) atoms. The highest BCUT2D eigenvalue weighted by molar-refractivity contribution is 5.75. The van der Waals surface area contributed by atoms with E-state index in [1.165, 1.54) is 0 Å². The largest absolute Gasteiger partial charge is 0.350 e. The molecule has 0 aliphatic carbocycles. The summed E-state index contributed by atoms with van der Waals surface area (Å²) in [5.74, 6) is 0.589. The van der Waals surface area contributed by atoms with Crippen molar-refractivity contribution in [3.8, 4) is 0 Å². The molecule has 2 aromatic rings. The molecular weight excluding hydrogens is 254 g/mol. The topological polar surface area (TPSA) is 71.8 Å². The summed E-state index contributed by atoms with van der Waals surface area (Å²) in [6.07, 6.45) is 2.83. The van der Waals surface area contributed by atoms with Crippen molar-refractivity contribution in [2.75, 3.05) is 18.4 Å². The highest BCUT2D eigenvalue weighted by Crippen LogP contribution is 2.15. The number of aromatic nitrogens is 3. The van der Waals surface area contributed by atoms with Crippen molar-refractivity contribution in [1.29, 1.82) is 0 Å². The van der Waals surface area contributed by atoms with Crippen LogP contribution in [0, 0.1) is 0 Å². The van der Waals surface area contributed by atoms with Gasteiger partial charge in [0.25, 0.3) is 5.56 Å². The number of anilines is 1. The zero-order chi connectivity index (χ0) is 14.1. The van der Waals surface area contributed by atoms with E-state index in [9.17, 15) is 4.79 Å². The quantitative estimate of drug-likeness (QED) is 0.877. The minimum Gasteiger partial charge on any atom is -0.350 e. The molecule has 1 atom stereocenters. The van der Waals surface area contributed by atoms with Crippen molar-refractivity contribution in [3.63, 3.8) is 0 Å². The molecular formula is C14H19N5O. The number of nitrogens with zero attached hydrogens (tertiary/aromatic N) is 3. The highest BCUT2D eigenvalue weighted by Gasteiger charge is 2.16. The van der Waals surface area contributed by atoms with Crippen LogP contribution >= 0.6 is 0 Å². The lowest BCUT2D eigenvalue weighted by Gasteiger charge is -2.15. The summed E-state index contributed by atoms with van der Waals surface area (Å²) < 4.78 is 1.70. The zero-order valence-corrected chi connectivity index (χ0v) is 11.8. The van der Waals surface area contributed by atoms with Crippen molar-refractivity contribution >= 4 is 17.0 Å². The van der Waals surface area contributed by atoms with Crippen LogP contribution < -0.4 is 16.2 Å². The van der Waals surface area contributed by atoms with Crippen LogP contribution in [0.4, 0.5) is 5.95 Å². The molecule has 1 aliphatic rings. The van der Waals surface area contributed by atoms with Crippen LogP contribution in [0.15, 0.2) is 23.1 Å². The monoisotopic (exact) mass is 273 g/mol. The lowest BCUT2D eigenvalue weighted by atomic mass is 10.2. The number of pyridine rings is 1. The van der Waals surface area contributed by atoms with Crippen molar-refractivity contribution in [3.05, 3.63) is 28.7 Å². The van der Waals surface area contributed by atoms with Gasteiger partial charge in [-0.15, -0.1) is 0 Å². The minimum absolute atomic E-state index is 0.0281. The number of fused-ring (bicyclic) bond motifs is 1. The fraction of sp³-hybridized carbons (Fsp3) is 0.500. The summed E-state index contributed by atoms with van der Waals surface area (Å²) in [5.41, 5.74) is 0.663. The molecule has 3 rings (SSSR count). The van der Waals surface area contributed by atoms with E-state index in [0.717, 1.165) is 24.9 Å². The molecule has 3 heterocycles. The van der Waals surface area contributed by atoms with E-state index in [1.54, 1.807) is 22.9 Å². The van der Waals surface area contributed by atoms with Crippen molar-refractivity contribution in [2.24, 2.45) is 0 Å². The second kappa shape index (κ2) is 5.20. The predicted octanol–water partition coefficient (Wildman–Crippen LogP) is 1.15. The molecule has 0 radical (unpaired) electrons. The maximum Gasteiger partial charge on any atom is 0.252 e. The summed E-state index contributed by atoms with van der Waals surface area (Å²) in [4.78, 5) is 20.9. The van der Waals surface area contributed by atoms with Crippen molar-refractivity contribution < 1.29 is 0 Å². The first kappa shape index (κ1) is 13.1. The van der Waals surface area contributed by atoms with Gasteiger partial charge in [0.2, 0.25) is 5.95 Å². The minimum atomic E-state index is -0.0281. The van der Waals surface area contributed by atoms with E-state index in [1.807, 2.05) is 13.8 Å². The Kier molecular flexibility index (Phi) is 3.40. The molecule has 0 amide bonds. The van der Waals surface area contributed by atoms with Gasteiger partial charge in [-0.05, 0) is 32.9 Å². The average Bonchev–Trinajstić information content (AvgIpc) is 2.90. The van der Waals surface area contributed by atoms with Gasteiger partial charge in [-0.3, -0.25) is 9.36 Å². The SMILES string of the molecule is CC(C)n1c(=O)ccc2cnc(N[C@@H]3CCNC3)nc21. The van der Waals surface area contributed by atoms with E-state index in [2.05, 4.69) is 20.6 Å². The number of rotatable bonds is 3. The van der Waals surface area contributed by atoms with E-state index >= 15 is 0 Å². The van der Waals surface area contributed by atoms with Gasteiger partial charge in [0.05, 0.1) is 0 Å². The summed E-state index contributed by atoms with van der Waals surface area (Å²) in [5, 5.41) is 7.50. The van der Waals surface area contributed by atoms with E-state index < -0.39 is 0 Å². The fourth-order valence-electron chi connectivity index (χ4n) is 2.57. The van der Waals surface area contributed by atoms with Gasteiger partial charge < -0.3 is 10.6 Å². The van der Waals surface area contributed by atoms with Crippen molar-refractivity contribution in [2.45, 2.75) is 32.4 Å². The molecule has 0 bridgehead atoms. The molecule has 106 valence electrons. The Balaban J connectivity index is 2.04. The van der Waals surface area contributed by atoms with Gasteiger partial charge in [-0.25, -0.2) is 4.98 Å². The van der Waals surface area contributed by atoms with Crippen molar-refractivity contribution in [1.82, 2.24) is 19.9 Å². The first-order valence-corrected chi connectivity index (χ1v) is 7.00. The normalized spacial score (nSPS) is 18.9. The average molecular weight is 273 g/mol. The smallest absolute Gasteiger partial charge is 0.252 e. The van der Waals surface area contributed by atoms with Gasteiger partial charge in [0, 0.05) is 36.3 Å². The lowest BCUT2D eigenvalue weighted by Crippen LogP contribution is -2.25. The van der Waals surface area contributed by atoms with Gasteiger partial charge in [0.1, 0.15) is 5.65 Å². The Morgan fingerprint density at radius 1 is 1.45 bits per heavy atom. The Bertz CT molecular complexity index is 673. The number of nitrogens with one attached hydrogen (secondary N) is 2. The maximum atomic E-state index is 12.0. The standard InChI is InChI=1S/C14H19N5O/c1-9(2)19-12(20)4-3-10-7-16-14(18-13(10)19)17-11-5-6-15-8-11/h3-4,7,9,11,15H,5-6,8H2,1-2H3,(H,16,17,18)/t11-/m1/s1. The Labute approximate surface area is 117 Å². The first-order valence-electron chi connectivity index (χ1n) is 7.00. The van der Waals surface area contributed by atoms with Crippen LogP contribution in [0.3, 0.4) is 0 Å². The number of hydrogen-bond donors (Lipinski definition) is 2. The third kappa shape index (κ3) is 2.38. The molecule has 1 fully saturated rings. The van der Waals surface area contributed by atoms with Gasteiger partial charge in [-0.1, -0.05) is 0 Å². The lowest BCUT2D eigenvalue weighted by molar-refractivity contribution is 0.595. The summed E-state index contributed by atoms with van der Waals surface area (Å²) in [7, 11) is 0. The molecule has 0 aromatic carbocycles. The number of hydrogen-bond acceptors (Lipinski definition) is 5. The zero-order valence-electron chi connectivity index (χ0n) is 11.8. The van der Waals surface area contributed by atoms with Crippen LogP contribution in [0.1, 0.15) is 26.3 Å². The molecule has 0 spiro atoms. The highest BCUT2D eigenvalue weighted by atomic mass is 16.1. The molecule has 2 aromatic heterocycles. The maximum absolute atomic E-state index is 12.0. The Morgan fingerprint density at radius 3 is 3.00 bits per heavy atom. The molecule has 1 saturated heterocycles. The second-order valence-electron chi connectivity index (χ2n) is 5.44. The molecule has 6 nitrogen and oxygen atoms in total. The van der Waals surface area contributed by atoms with Gasteiger partial charge >= 0.3 is 0 Å². The van der Waals surface area contributed by atoms with E-state index in [4.69, 9.17) is 0 Å². The Morgan fingerprint density at radius 2 is 2.30 bits per heavy atom. The Hall–Kier alpha value is -1.95. The predicted molar refractivity (Wildman–Crippen MR) is 79.1 cm³/mol. The van der Waals surface area contributed by atoms with Gasteiger partial charge in [-0.2, -0.15) is 4.98 Å². The van der Waals surface area contributed by atoms with Crippen LogP contribution in [0.5, 0.6) is 0 Å². The third-order valence-corrected chi connectivity index (χ3v) is 3.58. The summed E-state index contributed by atoms with van der Waals surface area (Å²) in [6, 6.07) is 3.77. The van der Waals surface area contributed by atoms with E-state index in [-0.39, 0.29) is 11.6 Å². The summed E-state index contributed by atoms with van der Waals surface area (Å²) in [6.45, 7) is 5.91. The molecule has 0 unspecified atom stereocenters. The molecule has 6 heteroatoms. The molecule has 0 saturated carbocycles. The first-order chi connectivity index (χ1) is 9.65. The van der Waals surface area contributed by atoms with Gasteiger partial charge in [0.15, 0.2) is 0 Å². The summed E-state index contributed by atoms with van der Waals surface area (Å²) >= 11 is 0.